The minimum Gasteiger partial charge on any atom is -0.474 e. The summed E-state index contributed by atoms with van der Waals surface area (Å²) >= 11 is 0. The van der Waals surface area contributed by atoms with E-state index in [1.54, 1.807) is 0 Å². The summed E-state index contributed by atoms with van der Waals surface area (Å²) < 4.78 is 5.21. The fraction of sp³-hybridized carbons (Fsp3) is 0.375. The van der Waals surface area contributed by atoms with Crippen molar-refractivity contribution in [3.63, 3.8) is 0 Å². The number of hydrogen-bond acceptors (Lipinski definition) is 3. The number of benzene rings is 1. The third-order valence-electron chi connectivity index (χ3n) is 3.96. The number of hydrogen-bond donors (Lipinski definition) is 1. The van der Waals surface area contributed by atoms with Crippen LogP contribution < -0.4 is 0 Å². The maximum Gasteiger partial charge on any atom is 0.392 e. The molecule has 1 heterocycles. The summed E-state index contributed by atoms with van der Waals surface area (Å²) in [4.78, 5) is 14.5. The zero-order valence-corrected chi connectivity index (χ0v) is 11.2. The Balaban J connectivity index is 1.79. The van der Waals surface area contributed by atoms with Crippen molar-refractivity contribution in [2.45, 2.75) is 38.0 Å². The molecule has 1 aliphatic carbocycles. The van der Waals surface area contributed by atoms with Crippen molar-refractivity contribution in [2.24, 2.45) is 0 Å². The predicted octanol–water partition coefficient (Wildman–Crippen LogP) is 4.09. The molecule has 1 saturated carbocycles. The number of carboxylic acid groups (broad SMARTS) is 1. The Labute approximate surface area is 117 Å². The van der Waals surface area contributed by atoms with Crippen LogP contribution in [0.2, 0.25) is 0 Å². The van der Waals surface area contributed by atoms with Gasteiger partial charge in [0, 0.05) is 5.56 Å². The Morgan fingerprint density at radius 1 is 1.15 bits per heavy atom. The van der Waals surface area contributed by atoms with Crippen LogP contribution >= 0.6 is 0 Å². The molecule has 1 aromatic carbocycles. The van der Waals surface area contributed by atoms with Crippen molar-refractivity contribution in [2.75, 3.05) is 0 Å². The highest BCUT2D eigenvalue weighted by molar-refractivity contribution is 5.82. The lowest BCUT2D eigenvalue weighted by Crippen LogP contribution is -2.04. The molecule has 0 radical (unpaired) electrons. The van der Waals surface area contributed by atoms with Gasteiger partial charge < -0.3 is 9.52 Å². The van der Waals surface area contributed by atoms with Gasteiger partial charge in [-0.3, -0.25) is 0 Å². The maximum atomic E-state index is 10.7. The maximum absolute atomic E-state index is 10.7. The molecule has 1 aliphatic rings. The second-order valence-corrected chi connectivity index (χ2v) is 5.29. The van der Waals surface area contributed by atoms with Crippen molar-refractivity contribution in [3.05, 3.63) is 41.9 Å². The topological polar surface area (TPSA) is 63.3 Å². The summed E-state index contributed by atoms with van der Waals surface area (Å²) in [6, 6.07) is 8.20. The lowest BCUT2D eigenvalue weighted by Gasteiger charge is -2.21. The van der Waals surface area contributed by atoms with Crippen molar-refractivity contribution in [3.8, 4) is 11.3 Å². The molecule has 0 atom stereocenters. The highest BCUT2D eigenvalue weighted by atomic mass is 16.4. The smallest absolute Gasteiger partial charge is 0.392 e. The fourth-order valence-corrected chi connectivity index (χ4v) is 2.86. The van der Waals surface area contributed by atoms with Crippen molar-refractivity contribution in [1.82, 2.24) is 4.98 Å². The van der Waals surface area contributed by atoms with Gasteiger partial charge in [0.05, 0.1) is 6.20 Å². The summed E-state index contributed by atoms with van der Waals surface area (Å²) in [5, 5.41) is 8.80. The summed E-state index contributed by atoms with van der Waals surface area (Å²) in [5.74, 6) is -0.244. The number of nitrogens with zero attached hydrogens (tertiary/aromatic N) is 1. The van der Waals surface area contributed by atoms with Crippen LogP contribution in [0.4, 0.5) is 0 Å². The van der Waals surface area contributed by atoms with Gasteiger partial charge in [-0.15, -0.1) is 0 Å². The molecule has 104 valence electrons. The standard InChI is InChI=1S/C16H17NO3/c18-16(19)15-17-10-14(20-15)13-8-6-12(7-9-13)11-4-2-1-3-5-11/h6-11H,1-5H2,(H,18,19). The Bertz CT molecular complexity index is 594. The van der Waals surface area contributed by atoms with Gasteiger partial charge >= 0.3 is 11.9 Å². The minimum absolute atomic E-state index is 0.267. The van der Waals surface area contributed by atoms with Crippen LogP contribution in [-0.2, 0) is 0 Å². The first kappa shape index (κ1) is 12.9. The molecule has 0 bridgehead atoms. The highest BCUT2D eigenvalue weighted by Gasteiger charge is 2.16. The largest absolute Gasteiger partial charge is 0.474 e. The normalized spacial score (nSPS) is 16.2. The Morgan fingerprint density at radius 3 is 2.45 bits per heavy atom. The van der Waals surface area contributed by atoms with Gasteiger partial charge in [0.1, 0.15) is 0 Å². The van der Waals surface area contributed by atoms with E-state index in [9.17, 15) is 4.79 Å². The zero-order valence-electron chi connectivity index (χ0n) is 11.2. The third kappa shape index (κ3) is 2.59. The van der Waals surface area contributed by atoms with Gasteiger partial charge in [0.15, 0.2) is 5.76 Å². The molecule has 0 spiro atoms. The quantitative estimate of drug-likeness (QED) is 0.913. The molecule has 1 fully saturated rings. The Morgan fingerprint density at radius 2 is 1.85 bits per heavy atom. The van der Waals surface area contributed by atoms with E-state index in [1.807, 2.05) is 12.1 Å². The van der Waals surface area contributed by atoms with E-state index >= 15 is 0 Å². The molecule has 0 saturated heterocycles. The zero-order chi connectivity index (χ0) is 13.9. The van der Waals surface area contributed by atoms with Crippen molar-refractivity contribution >= 4 is 5.97 Å². The average Bonchev–Trinajstić information content (AvgIpc) is 2.98. The van der Waals surface area contributed by atoms with Crippen LogP contribution in [0.5, 0.6) is 0 Å². The van der Waals surface area contributed by atoms with E-state index in [4.69, 9.17) is 9.52 Å². The lowest BCUT2D eigenvalue weighted by molar-refractivity contribution is 0.0654. The van der Waals surface area contributed by atoms with Crippen LogP contribution in [0, 0.1) is 0 Å². The van der Waals surface area contributed by atoms with Gasteiger partial charge in [0.2, 0.25) is 0 Å². The summed E-state index contributed by atoms with van der Waals surface area (Å²) in [7, 11) is 0. The molecule has 0 amide bonds. The molecular formula is C16H17NO3. The number of rotatable bonds is 3. The molecule has 1 N–H and O–H groups in total. The minimum atomic E-state index is -1.14. The molecule has 4 heteroatoms. The second-order valence-electron chi connectivity index (χ2n) is 5.29. The average molecular weight is 271 g/mol. The summed E-state index contributed by atoms with van der Waals surface area (Å²) in [6.45, 7) is 0. The van der Waals surface area contributed by atoms with Crippen LogP contribution in [-0.4, -0.2) is 16.1 Å². The number of aromatic nitrogens is 1. The van der Waals surface area contributed by atoms with E-state index in [1.165, 1.54) is 43.9 Å². The van der Waals surface area contributed by atoms with E-state index in [2.05, 4.69) is 17.1 Å². The summed E-state index contributed by atoms with van der Waals surface area (Å²) in [6.07, 6.45) is 7.98. The number of carboxylic acids is 1. The Kier molecular flexibility index (Phi) is 3.54. The Hall–Kier alpha value is -2.10. The number of aromatic carboxylic acids is 1. The molecule has 0 unspecified atom stereocenters. The van der Waals surface area contributed by atoms with Gasteiger partial charge in [-0.25, -0.2) is 9.78 Å². The van der Waals surface area contributed by atoms with Gasteiger partial charge in [-0.2, -0.15) is 0 Å². The van der Waals surface area contributed by atoms with Gasteiger partial charge in [-0.05, 0) is 24.3 Å². The first-order valence-corrected chi connectivity index (χ1v) is 7.03. The van der Waals surface area contributed by atoms with Crippen LogP contribution in [0.15, 0.2) is 34.9 Å². The highest BCUT2D eigenvalue weighted by Crippen LogP contribution is 2.33. The van der Waals surface area contributed by atoms with E-state index in [-0.39, 0.29) is 5.89 Å². The lowest BCUT2D eigenvalue weighted by atomic mass is 9.84. The molecule has 20 heavy (non-hydrogen) atoms. The van der Waals surface area contributed by atoms with E-state index in [0.717, 1.165) is 5.56 Å². The second kappa shape index (κ2) is 5.49. The number of carbonyl (C=O) groups is 1. The molecular weight excluding hydrogens is 254 g/mol. The monoisotopic (exact) mass is 271 g/mol. The van der Waals surface area contributed by atoms with Crippen LogP contribution in [0.1, 0.15) is 54.3 Å². The molecule has 3 rings (SSSR count). The van der Waals surface area contributed by atoms with Crippen LogP contribution in [0.3, 0.4) is 0 Å². The predicted molar refractivity (Wildman–Crippen MR) is 74.7 cm³/mol. The van der Waals surface area contributed by atoms with Crippen molar-refractivity contribution in [1.29, 1.82) is 0 Å². The van der Waals surface area contributed by atoms with Crippen molar-refractivity contribution < 1.29 is 14.3 Å². The number of oxazole rings is 1. The van der Waals surface area contributed by atoms with Crippen LogP contribution in [0.25, 0.3) is 11.3 Å². The first-order valence-electron chi connectivity index (χ1n) is 7.03. The molecule has 1 aromatic heterocycles. The molecule has 4 nitrogen and oxygen atoms in total. The van der Waals surface area contributed by atoms with E-state index < -0.39 is 5.97 Å². The molecule has 2 aromatic rings. The SMILES string of the molecule is O=C(O)c1ncc(-c2ccc(C3CCCCC3)cc2)o1. The molecule has 0 aliphatic heterocycles. The van der Waals surface area contributed by atoms with Gasteiger partial charge in [-0.1, -0.05) is 43.5 Å². The first-order chi connectivity index (χ1) is 9.74. The van der Waals surface area contributed by atoms with E-state index in [0.29, 0.717) is 11.7 Å². The third-order valence-corrected chi connectivity index (χ3v) is 3.96. The van der Waals surface area contributed by atoms with Gasteiger partial charge in [0.25, 0.3) is 0 Å². The summed E-state index contributed by atoms with van der Waals surface area (Å²) in [5.41, 5.74) is 2.23. The fourth-order valence-electron chi connectivity index (χ4n) is 2.86.